The van der Waals surface area contributed by atoms with E-state index in [0.717, 1.165) is 23.9 Å². The summed E-state index contributed by atoms with van der Waals surface area (Å²) >= 11 is 0. The third-order valence-electron chi connectivity index (χ3n) is 4.14. The third-order valence-corrected chi connectivity index (χ3v) is 4.14. The number of rotatable bonds is 2. The van der Waals surface area contributed by atoms with Gasteiger partial charge in [-0.25, -0.2) is 0 Å². The molecule has 1 aliphatic heterocycles. The number of nitrogens with zero attached hydrogens (tertiary/aromatic N) is 2. The molecule has 1 saturated carbocycles. The minimum atomic E-state index is 0.737. The monoisotopic (exact) mass is 196 g/mol. The average Bonchev–Trinajstić information content (AvgIpc) is 2.37. The Labute approximate surface area is 88.3 Å². The van der Waals surface area contributed by atoms with Gasteiger partial charge in [0.15, 0.2) is 0 Å². The molecule has 2 unspecified atom stereocenters. The standard InChI is InChI=1S/C12H24N2/c1-9(2)14-7-10-5-6-11(8-14)12(10)13(3)4/h9-12H,5-8H2,1-4H3. The molecule has 82 valence electrons. The largest absolute Gasteiger partial charge is 0.306 e. The van der Waals surface area contributed by atoms with Gasteiger partial charge in [-0.3, -0.25) is 0 Å². The summed E-state index contributed by atoms with van der Waals surface area (Å²) in [4.78, 5) is 5.13. The van der Waals surface area contributed by atoms with Gasteiger partial charge in [-0.15, -0.1) is 0 Å². The van der Waals surface area contributed by atoms with Crippen LogP contribution in [0.4, 0.5) is 0 Å². The molecule has 2 atom stereocenters. The van der Waals surface area contributed by atoms with Crippen molar-refractivity contribution in [1.29, 1.82) is 0 Å². The second kappa shape index (κ2) is 3.82. The van der Waals surface area contributed by atoms with Gasteiger partial charge in [0.25, 0.3) is 0 Å². The minimum absolute atomic E-state index is 0.737. The van der Waals surface area contributed by atoms with Gasteiger partial charge in [-0.2, -0.15) is 0 Å². The van der Waals surface area contributed by atoms with Crippen LogP contribution < -0.4 is 0 Å². The molecule has 2 aliphatic rings. The van der Waals surface area contributed by atoms with Crippen LogP contribution in [0.5, 0.6) is 0 Å². The quantitative estimate of drug-likeness (QED) is 0.663. The van der Waals surface area contributed by atoms with Gasteiger partial charge in [0.2, 0.25) is 0 Å². The minimum Gasteiger partial charge on any atom is -0.306 e. The van der Waals surface area contributed by atoms with Crippen molar-refractivity contribution in [1.82, 2.24) is 9.80 Å². The zero-order valence-electron chi connectivity index (χ0n) is 10.0. The van der Waals surface area contributed by atoms with Gasteiger partial charge >= 0.3 is 0 Å². The van der Waals surface area contributed by atoms with E-state index in [2.05, 4.69) is 37.7 Å². The second-order valence-electron chi connectivity index (χ2n) is 5.60. The van der Waals surface area contributed by atoms with Gasteiger partial charge in [-0.1, -0.05) is 0 Å². The maximum absolute atomic E-state index is 2.67. The van der Waals surface area contributed by atoms with Crippen molar-refractivity contribution in [2.24, 2.45) is 11.8 Å². The Kier molecular flexibility index (Phi) is 2.85. The lowest BCUT2D eigenvalue weighted by Gasteiger charge is -2.42. The van der Waals surface area contributed by atoms with Crippen LogP contribution in [0, 0.1) is 11.8 Å². The number of hydrogen-bond donors (Lipinski definition) is 0. The van der Waals surface area contributed by atoms with Crippen molar-refractivity contribution in [3.63, 3.8) is 0 Å². The van der Waals surface area contributed by atoms with Gasteiger partial charge in [0.1, 0.15) is 0 Å². The molecule has 0 amide bonds. The van der Waals surface area contributed by atoms with E-state index in [-0.39, 0.29) is 0 Å². The first-order valence-corrected chi connectivity index (χ1v) is 6.00. The van der Waals surface area contributed by atoms with E-state index in [9.17, 15) is 0 Å². The molecule has 1 saturated heterocycles. The van der Waals surface area contributed by atoms with Crippen molar-refractivity contribution in [3.05, 3.63) is 0 Å². The second-order valence-corrected chi connectivity index (χ2v) is 5.60. The van der Waals surface area contributed by atoms with E-state index in [1.807, 2.05) is 0 Å². The molecule has 0 aromatic heterocycles. The SMILES string of the molecule is CC(C)N1CC2CCC(C1)C2N(C)C. The predicted molar refractivity (Wildman–Crippen MR) is 60.4 cm³/mol. The molecule has 1 heterocycles. The molecule has 0 aromatic carbocycles. The van der Waals surface area contributed by atoms with Gasteiger partial charge in [0, 0.05) is 25.2 Å². The van der Waals surface area contributed by atoms with Crippen LogP contribution in [0.3, 0.4) is 0 Å². The lowest BCUT2D eigenvalue weighted by Crippen LogP contribution is -2.52. The average molecular weight is 196 g/mol. The van der Waals surface area contributed by atoms with E-state index in [4.69, 9.17) is 0 Å². The number of hydrogen-bond acceptors (Lipinski definition) is 2. The maximum Gasteiger partial charge on any atom is 0.0170 e. The maximum atomic E-state index is 2.67. The fourth-order valence-corrected chi connectivity index (χ4v) is 3.50. The lowest BCUT2D eigenvalue weighted by molar-refractivity contribution is 0.0580. The summed E-state index contributed by atoms with van der Waals surface area (Å²) in [5.41, 5.74) is 0. The van der Waals surface area contributed by atoms with Crippen LogP contribution in [0.25, 0.3) is 0 Å². The van der Waals surface area contributed by atoms with E-state index in [1.165, 1.54) is 25.9 Å². The van der Waals surface area contributed by atoms with Crippen molar-refractivity contribution < 1.29 is 0 Å². The fourth-order valence-electron chi connectivity index (χ4n) is 3.50. The fraction of sp³-hybridized carbons (Fsp3) is 1.00. The number of fused-ring (bicyclic) bond motifs is 2. The molecule has 2 rings (SSSR count). The summed E-state index contributed by atoms with van der Waals surface area (Å²) in [7, 11) is 4.50. The smallest absolute Gasteiger partial charge is 0.0170 e. The highest BCUT2D eigenvalue weighted by atomic mass is 15.2. The first-order valence-electron chi connectivity index (χ1n) is 6.00. The molecule has 2 nitrogen and oxygen atoms in total. The Morgan fingerprint density at radius 2 is 1.57 bits per heavy atom. The van der Waals surface area contributed by atoms with E-state index in [1.54, 1.807) is 0 Å². The van der Waals surface area contributed by atoms with Crippen LogP contribution in [0.2, 0.25) is 0 Å². The summed E-state index contributed by atoms with van der Waals surface area (Å²) < 4.78 is 0. The molecular formula is C12H24N2. The third kappa shape index (κ3) is 1.70. The Bertz CT molecular complexity index is 186. The molecule has 0 radical (unpaired) electrons. The van der Waals surface area contributed by atoms with E-state index in [0.29, 0.717) is 0 Å². The van der Waals surface area contributed by atoms with Gasteiger partial charge in [-0.05, 0) is 52.6 Å². The Balaban J connectivity index is 2.05. The van der Waals surface area contributed by atoms with Crippen LogP contribution in [0.15, 0.2) is 0 Å². The Morgan fingerprint density at radius 3 is 1.93 bits per heavy atom. The van der Waals surface area contributed by atoms with Gasteiger partial charge in [0.05, 0.1) is 0 Å². The molecule has 2 heteroatoms. The van der Waals surface area contributed by atoms with Crippen molar-refractivity contribution in [3.8, 4) is 0 Å². The molecule has 1 aliphatic carbocycles. The first-order chi connectivity index (χ1) is 6.59. The van der Waals surface area contributed by atoms with E-state index < -0.39 is 0 Å². The number of likely N-dealkylation sites (tertiary alicyclic amines) is 1. The molecule has 0 N–H and O–H groups in total. The highest BCUT2D eigenvalue weighted by molar-refractivity contribution is 4.97. The van der Waals surface area contributed by atoms with Crippen molar-refractivity contribution >= 4 is 0 Å². The van der Waals surface area contributed by atoms with Crippen molar-refractivity contribution in [2.45, 2.75) is 38.8 Å². The lowest BCUT2D eigenvalue weighted by atomic mass is 9.90. The Morgan fingerprint density at radius 1 is 1.07 bits per heavy atom. The van der Waals surface area contributed by atoms with Gasteiger partial charge < -0.3 is 9.80 Å². The summed E-state index contributed by atoms with van der Waals surface area (Å²) in [5, 5.41) is 0. The highest BCUT2D eigenvalue weighted by Crippen LogP contribution is 2.39. The van der Waals surface area contributed by atoms with Crippen LogP contribution in [0.1, 0.15) is 26.7 Å². The summed E-state index contributed by atoms with van der Waals surface area (Å²) in [6.45, 7) is 7.32. The van der Waals surface area contributed by atoms with Crippen LogP contribution in [-0.2, 0) is 0 Å². The zero-order valence-corrected chi connectivity index (χ0v) is 10.0. The molecule has 2 bridgehead atoms. The zero-order chi connectivity index (χ0) is 10.3. The van der Waals surface area contributed by atoms with Crippen LogP contribution >= 0.6 is 0 Å². The van der Waals surface area contributed by atoms with E-state index >= 15 is 0 Å². The molecule has 14 heavy (non-hydrogen) atoms. The summed E-state index contributed by atoms with van der Waals surface area (Å²) in [6.07, 6.45) is 2.91. The van der Waals surface area contributed by atoms with Crippen LogP contribution in [-0.4, -0.2) is 49.1 Å². The molecular weight excluding hydrogens is 172 g/mol. The predicted octanol–water partition coefficient (Wildman–Crippen LogP) is 1.67. The molecule has 0 aromatic rings. The molecule has 0 spiro atoms. The van der Waals surface area contributed by atoms with Crippen molar-refractivity contribution in [2.75, 3.05) is 27.2 Å². The number of piperidine rings is 1. The first kappa shape index (κ1) is 10.4. The normalized spacial score (nSPS) is 38.6. The highest BCUT2D eigenvalue weighted by Gasteiger charge is 2.43. The molecule has 2 fully saturated rings. The topological polar surface area (TPSA) is 6.48 Å². The summed E-state index contributed by atoms with van der Waals surface area (Å²) in [5.74, 6) is 1.87. The summed E-state index contributed by atoms with van der Waals surface area (Å²) in [6, 6.07) is 1.60. The Hall–Kier alpha value is -0.0800.